The Morgan fingerprint density at radius 2 is 2.04 bits per heavy atom. The van der Waals surface area contributed by atoms with Gasteiger partial charge in [0.2, 0.25) is 0 Å². The van der Waals surface area contributed by atoms with Crippen molar-refractivity contribution in [2.45, 2.75) is 32.4 Å². The summed E-state index contributed by atoms with van der Waals surface area (Å²) in [5.41, 5.74) is 1.29. The first-order chi connectivity index (χ1) is 11.9. The van der Waals surface area contributed by atoms with Crippen molar-refractivity contribution >= 4 is 0 Å². The second-order valence-electron chi connectivity index (χ2n) is 7.65. The smallest absolute Gasteiger partial charge is 0.120 e. The number of hydrogen-bond acceptors (Lipinski definition) is 4. The molecule has 1 aliphatic rings. The molecule has 0 aromatic heterocycles. The molecule has 4 heteroatoms. The van der Waals surface area contributed by atoms with Crippen molar-refractivity contribution < 1.29 is 9.84 Å². The molecular formula is C21H32N2O2. The van der Waals surface area contributed by atoms with Gasteiger partial charge in [0.1, 0.15) is 5.60 Å². The molecule has 25 heavy (non-hydrogen) atoms. The number of likely N-dealkylation sites (tertiary alicyclic amines) is 1. The van der Waals surface area contributed by atoms with E-state index in [-0.39, 0.29) is 0 Å². The van der Waals surface area contributed by atoms with E-state index < -0.39 is 5.60 Å². The van der Waals surface area contributed by atoms with Gasteiger partial charge in [-0.25, -0.2) is 0 Å². The normalized spacial score (nSPS) is 18.4. The molecule has 138 valence electrons. The van der Waals surface area contributed by atoms with Gasteiger partial charge in [-0.05, 0) is 57.5 Å². The van der Waals surface area contributed by atoms with Crippen LogP contribution in [0, 0.1) is 17.8 Å². The fourth-order valence-corrected chi connectivity index (χ4v) is 3.22. The highest BCUT2D eigenvalue weighted by Crippen LogP contribution is 2.17. The van der Waals surface area contributed by atoms with Crippen LogP contribution in [-0.4, -0.2) is 67.5 Å². The van der Waals surface area contributed by atoms with Crippen molar-refractivity contribution in [2.24, 2.45) is 5.92 Å². The minimum atomic E-state index is -0.947. The quantitative estimate of drug-likeness (QED) is 0.770. The molecule has 4 nitrogen and oxygen atoms in total. The van der Waals surface area contributed by atoms with E-state index in [2.05, 4.69) is 40.8 Å². The standard InChI is InChI=1S/C21H32N2O2/c1-21(2,24)11-9-18-5-7-19(8-6-18)15-22(3)16-20-10-12-23(17-20)13-14-25-4/h5-8,20,24H,10,12-17H2,1-4H3. The summed E-state index contributed by atoms with van der Waals surface area (Å²) in [5, 5.41) is 9.66. The highest BCUT2D eigenvalue weighted by Gasteiger charge is 2.23. The van der Waals surface area contributed by atoms with Crippen LogP contribution in [0.25, 0.3) is 0 Å². The summed E-state index contributed by atoms with van der Waals surface area (Å²) in [4.78, 5) is 4.90. The van der Waals surface area contributed by atoms with Crippen LogP contribution in [-0.2, 0) is 11.3 Å². The minimum Gasteiger partial charge on any atom is -0.383 e. The monoisotopic (exact) mass is 344 g/mol. The van der Waals surface area contributed by atoms with E-state index >= 15 is 0 Å². The predicted octanol–water partition coefficient (Wildman–Crippen LogP) is 2.21. The lowest BCUT2D eigenvalue weighted by atomic mass is 10.1. The molecule has 1 aliphatic heterocycles. The van der Waals surface area contributed by atoms with E-state index in [1.54, 1.807) is 21.0 Å². The Balaban J connectivity index is 1.79. The third kappa shape index (κ3) is 7.58. The van der Waals surface area contributed by atoms with Gasteiger partial charge in [0.15, 0.2) is 0 Å². The van der Waals surface area contributed by atoms with Gasteiger partial charge in [0.05, 0.1) is 6.61 Å². The van der Waals surface area contributed by atoms with E-state index in [1.807, 2.05) is 12.1 Å². The van der Waals surface area contributed by atoms with Gasteiger partial charge in [-0.2, -0.15) is 0 Å². The Labute approximate surface area is 152 Å². The van der Waals surface area contributed by atoms with Crippen LogP contribution >= 0.6 is 0 Å². The average Bonchev–Trinajstić information content (AvgIpc) is 2.98. The Hall–Kier alpha value is -1.38. The van der Waals surface area contributed by atoms with Gasteiger partial charge in [-0.3, -0.25) is 0 Å². The van der Waals surface area contributed by atoms with Crippen LogP contribution in [0.1, 0.15) is 31.4 Å². The van der Waals surface area contributed by atoms with Crippen molar-refractivity contribution in [3.05, 3.63) is 35.4 Å². The molecule has 0 bridgehead atoms. The number of ether oxygens (including phenoxy) is 1. The van der Waals surface area contributed by atoms with Gasteiger partial charge in [-0.1, -0.05) is 24.0 Å². The fraction of sp³-hybridized carbons (Fsp3) is 0.619. The number of rotatable bonds is 7. The lowest BCUT2D eigenvalue weighted by molar-refractivity contribution is 0.143. The van der Waals surface area contributed by atoms with Crippen LogP contribution in [0.3, 0.4) is 0 Å². The highest BCUT2D eigenvalue weighted by molar-refractivity contribution is 5.37. The second kappa shape index (κ2) is 9.35. The minimum absolute atomic E-state index is 0.749. The van der Waals surface area contributed by atoms with Crippen LogP contribution in [0.4, 0.5) is 0 Å². The fourth-order valence-electron chi connectivity index (χ4n) is 3.22. The summed E-state index contributed by atoms with van der Waals surface area (Å²) < 4.78 is 5.17. The number of nitrogens with zero attached hydrogens (tertiary/aromatic N) is 2. The highest BCUT2D eigenvalue weighted by atomic mass is 16.5. The van der Waals surface area contributed by atoms with Gasteiger partial charge in [0.25, 0.3) is 0 Å². The number of hydrogen-bond donors (Lipinski definition) is 1. The summed E-state index contributed by atoms with van der Waals surface area (Å²) in [7, 11) is 3.96. The molecule has 1 fully saturated rings. The second-order valence-corrected chi connectivity index (χ2v) is 7.65. The SMILES string of the molecule is COCCN1CCC(CN(C)Cc2ccc(C#CC(C)(C)O)cc2)C1. The van der Waals surface area contributed by atoms with E-state index in [9.17, 15) is 5.11 Å². The molecule has 1 atom stereocenters. The third-order valence-electron chi connectivity index (χ3n) is 4.47. The molecule has 0 radical (unpaired) electrons. The number of methoxy groups -OCH3 is 1. The molecule has 0 aliphatic carbocycles. The largest absolute Gasteiger partial charge is 0.383 e. The molecule has 1 aromatic carbocycles. The molecule has 0 saturated carbocycles. The third-order valence-corrected chi connectivity index (χ3v) is 4.47. The summed E-state index contributed by atoms with van der Waals surface area (Å²) in [6.07, 6.45) is 1.28. The van der Waals surface area contributed by atoms with Gasteiger partial charge in [0, 0.05) is 38.9 Å². The van der Waals surface area contributed by atoms with Crippen molar-refractivity contribution in [2.75, 3.05) is 46.9 Å². The molecule has 0 amide bonds. The van der Waals surface area contributed by atoms with Crippen molar-refractivity contribution in [1.29, 1.82) is 0 Å². The zero-order chi connectivity index (χ0) is 18.3. The zero-order valence-electron chi connectivity index (χ0n) is 16.1. The molecule has 0 spiro atoms. The summed E-state index contributed by atoms with van der Waals surface area (Å²) >= 11 is 0. The van der Waals surface area contributed by atoms with Crippen molar-refractivity contribution in [3.63, 3.8) is 0 Å². The average molecular weight is 344 g/mol. The Bertz CT molecular complexity index is 581. The van der Waals surface area contributed by atoms with E-state index in [0.717, 1.165) is 37.7 Å². The lowest BCUT2D eigenvalue weighted by Crippen LogP contribution is -2.29. The molecule has 1 heterocycles. The Morgan fingerprint density at radius 3 is 2.68 bits per heavy atom. The van der Waals surface area contributed by atoms with Crippen LogP contribution in [0.2, 0.25) is 0 Å². The number of benzene rings is 1. The summed E-state index contributed by atoms with van der Waals surface area (Å²) in [6.45, 7) is 9.72. The summed E-state index contributed by atoms with van der Waals surface area (Å²) in [6, 6.07) is 8.32. The van der Waals surface area contributed by atoms with E-state index in [4.69, 9.17) is 4.74 Å². The molecule has 1 unspecified atom stereocenters. The topological polar surface area (TPSA) is 35.9 Å². The van der Waals surface area contributed by atoms with Crippen LogP contribution < -0.4 is 0 Å². The van der Waals surface area contributed by atoms with Gasteiger partial charge in [-0.15, -0.1) is 0 Å². The molecule has 1 saturated heterocycles. The maximum absolute atomic E-state index is 9.66. The van der Waals surface area contributed by atoms with Gasteiger partial charge >= 0.3 is 0 Å². The maximum atomic E-state index is 9.66. The molecule has 1 N–H and O–H groups in total. The Morgan fingerprint density at radius 1 is 1.32 bits per heavy atom. The summed E-state index contributed by atoms with van der Waals surface area (Å²) in [5.74, 6) is 6.61. The van der Waals surface area contributed by atoms with Crippen molar-refractivity contribution in [1.82, 2.24) is 9.80 Å². The molecule has 2 rings (SSSR count). The van der Waals surface area contributed by atoms with Crippen LogP contribution in [0.15, 0.2) is 24.3 Å². The maximum Gasteiger partial charge on any atom is 0.120 e. The van der Waals surface area contributed by atoms with E-state index in [0.29, 0.717) is 0 Å². The lowest BCUT2D eigenvalue weighted by Gasteiger charge is -2.21. The van der Waals surface area contributed by atoms with Gasteiger partial charge < -0.3 is 19.6 Å². The molecule has 1 aromatic rings. The first kappa shape index (κ1) is 19.9. The first-order valence-corrected chi connectivity index (χ1v) is 9.10. The number of aliphatic hydroxyl groups is 1. The predicted molar refractivity (Wildman–Crippen MR) is 102 cm³/mol. The Kier molecular flexibility index (Phi) is 7.46. The van der Waals surface area contributed by atoms with E-state index in [1.165, 1.54) is 25.1 Å². The van der Waals surface area contributed by atoms with Crippen LogP contribution in [0.5, 0.6) is 0 Å². The zero-order valence-corrected chi connectivity index (χ0v) is 16.1. The first-order valence-electron chi connectivity index (χ1n) is 9.10. The molecular weight excluding hydrogens is 312 g/mol. The van der Waals surface area contributed by atoms with Crippen molar-refractivity contribution in [3.8, 4) is 11.8 Å².